The number of nitrogens with zero attached hydrogens (tertiary/aromatic N) is 4. The van der Waals surface area contributed by atoms with E-state index in [9.17, 15) is 13.2 Å². The predicted molar refractivity (Wildman–Crippen MR) is 101 cm³/mol. The van der Waals surface area contributed by atoms with E-state index >= 15 is 0 Å². The highest BCUT2D eigenvalue weighted by atomic mass is 32.2. The molecule has 2 saturated heterocycles. The minimum Gasteiger partial charge on any atom is -0.340 e. The van der Waals surface area contributed by atoms with Crippen LogP contribution in [0.3, 0.4) is 0 Å². The highest BCUT2D eigenvalue weighted by molar-refractivity contribution is 7.88. The molecule has 27 heavy (non-hydrogen) atoms. The van der Waals surface area contributed by atoms with Crippen LogP contribution >= 0.6 is 0 Å². The Morgan fingerprint density at radius 3 is 2.56 bits per heavy atom. The number of rotatable bonds is 4. The summed E-state index contributed by atoms with van der Waals surface area (Å²) in [5, 5.41) is 0. The molecule has 0 bridgehead atoms. The molecular weight excluding hydrogens is 364 g/mol. The summed E-state index contributed by atoms with van der Waals surface area (Å²) < 4.78 is 28.1. The maximum absolute atomic E-state index is 12.8. The van der Waals surface area contributed by atoms with E-state index in [4.69, 9.17) is 0 Å². The molecular formula is C19H24N4O3S. The summed E-state index contributed by atoms with van der Waals surface area (Å²) in [7, 11) is -3.31. The number of fused-ring (bicyclic) bond motifs is 1. The van der Waals surface area contributed by atoms with Gasteiger partial charge in [-0.25, -0.2) is 13.4 Å². The fraction of sp³-hybridized carbons (Fsp3) is 0.474. The quantitative estimate of drug-likeness (QED) is 0.791. The largest absolute Gasteiger partial charge is 0.340 e. The van der Waals surface area contributed by atoms with Gasteiger partial charge in [-0.2, -0.15) is 4.31 Å². The van der Waals surface area contributed by atoms with Gasteiger partial charge in [0.25, 0.3) is 0 Å². The summed E-state index contributed by atoms with van der Waals surface area (Å²) in [5.41, 5.74) is 0.996. The maximum Gasteiger partial charge on any atom is 0.242 e. The Balaban J connectivity index is 1.55. The highest BCUT2D eigenvalue weighted by Gasteiger charge is 2.51. The van der Waals surface area contributed by atoms with Crippen molar-refractivity contribution in [3.05, 3.63) is 54.1 Å². The van der Waals surface area contributed by atoms with Crippen LogP contribution in [-0.2, 0) is 21.4 Å². The van der Waals surface area contributed by atoms with E-state index in [0.29, 0.717) is 19.6 Å². The summed E-state index contributed by atoms with van der Waals surface area (Å²) in [4.78, 5) is 18.8. The molecule has 4 rings (SSSR count). The predicted octanol–water partition coefficient (Wildman–Crippen LogP) is 1.28. The number of amides is 1. The molecule has 1 amide bonds. The Hall–Kier alpha value is -2.19. The molecule has 2 aliphatic rings. The minimum atomic E-state index is -3.31. The van der Waals surface area contributed by atoms with Gasteiger partial charge in [-0.15, -0.1) is 0 Å². The van der Waals surface area contributed by atoms with Gasteiger partial charge in [0.2, 0.25) is 15.9 Å². The molecule has 1 aromatic carbocycles. The fourth-order valence-corrected chi connectivity index (χ4v) is 5.58. The molecule has 2 aromatic rings. The van der Waals surface area contributed by atoms with Gasteiger partial charge in [0.15, 0.2) is 0 Å². The summed E-state index contributed by atoms with van der Waals surface area (Å²) >= 11 is 0. The van der Waals surface area contributed by atoms with E-state index < -0.39 is 10.0 Å². The normalized spacial score (nSPS) is 25.7. The van der Waals surface area contributed by atoms with Crippen LogP contribution in [0, 0.1) is 18.8 Å². The van der Waals surface area contributed by atoms with Gasteiger partial charge in [-0.3, -0.25) is 4.79 Å². The van der Waals surface area contributed by atoms with Gasteiger partial charge >= 0.3 is 0 Å². The maximum atomic E-state index is 12.8. The summed E-state index contributed by atoms with van der Waals surface area (Å²) in [6.07, 6.45) is 4.77. The van der Waals surface area contributed by atoms with Crippen molar-refractivity contribution in [2.24, 2.45) is 11.8 Å². The first-order chi connectivity index (χ1) is 12.8. The SMILES string of the molecule is Cc1nccn1CC(=O)N1C[C@@H]2CN(S(C)(=O)=O)[C@@H](c3ccccc3)[C@@H]2C1. The molecule has 0 radical (unpaired) electrons. The van der Waals surface area contributed by atoms with Gasteiger partial charge in [-0.05, 0) is 18.4 Å². The van der Waals surface area contributed by atoms with Gasteiger partial charge < -0.3 is 9.47 Å². The van der Waals surface area contributed by atoms with E-state index in [1.54, 1.807) is 10.5 Å². The van der Waals surface area contributed by atoms with Gasteiger partial charge in [0, 0.05) is 37.9 Å². The average Bonchev–Trinajstić information content (AvgIpc) is 3.29. The van der Waals surface area contributed by atoms with E-state index in [-0.39, 0.29) is 30.3 Å². The number of likely N-dealkylation sites (tertiary alicyclic amines) is 1. The molecule has 0 aliphatic carbocycles. The lowest BCUT2D eigenvalue weighted by molar-refractivity contribution is -0.131. The van der Waals surface area contributed by atoms with Gasteiger partial charge in [-0.1, -0.05) is 30.3 Å². The molecule has 3 heterocycles. The number of imidazole rings is 1. The fourth-order valence-electron chi connectivity index (χ4n) is 4.43. The molecule has 7 nitrogen and oxygen atoms in total. The van der Waals surface area contributed by atoms with Crippen LogP contribution in [0.4, 0.5) is 0 Å². The van der Waals surface area contributed by atoms with Gasteiger partial charge in [0.05, 0.1) is 12.3 Å². The van der Waals surface area contributed by atoms with Gasteiger partial charge in [0.1, 0.15) is 12.4 Å². The first-order valence-electron chi connectivity index (χ1n) is 9.12. The smallest absolute Gasteiger partial charge is 0.242 e. The second-order valence-electron chi connectivity index (χ2n) is 7.51. The zero-order valence-electron chi connectivity index (χ0n) is 15.5. The minimum absolute atomic E-state index is 0.0585. The van der Waals surface area contributed by atoms with Crippen molar-refractivity contribution >= 4 is 15.9 Å². The third-order valence-corrected chi connectivity index (χ3v) is 7.00. The number of aromatic nitrogens is 2. The van der Waals surface area contributed by atoms with E-state index in [0.717, 1.165) is 11.4 Å². The summed E-state index contributed by atoms with van der Waals surface area (Å²) in [5.74, 6) is 1.16. The number of benzene rings is 1. The van der Waals surface area contributed by atoms with Crippen molar-refractivity contribution in [2.45, 2.75) is 19.5 Å². The third-order valence-electron chi connectivity index (χ3n) is 5.77. The standard InChI is InChI=1S/C19H24N4O3S/c1-14-20-8-9-21(14)13-18(24)22-10-16-11-23(27(2,25)26)19(17(16)12-22)15-6-4-3-5-7-15/h3-9,16-17,19H,10-13H2,1-2H3/t16-,17-,19+/m1/s1. The van der Waals surface area contributed by atoms with Crippen LogP contribution in [0.5, 0.6) is 0 Å². The number of hydrogen-bond donors (Lipinski definition) is 0. The molecule has 2 fully saturated rings. The second kappa shape index (κ2) is 6.76. The van der Waals surface area contributed by atoms with E-state index in [2.05, 4.69) is 4.98 Å². The number of aryl methyl sites for hydroxylation is 1. The first-order valence-corrected chi connectivity index (χ1v) is 11.0. The van der Waals surface area contributed by atoms with Crippen LogP contribution in [0.2, 0.25) is 0 Å². The third kappa shape index (κ3) is 3.39. The van der Waals surface area contributed by atoms with Crippen LogP contribution in [0.1, 0.15) is 17.4 Å². The Labute approximate surface area is 159 Å². The molecule has 8 heteroatoms. The zero-order chi connectivity index (χ0) is 19.2. The molecule has 0 spiro atoms. The molecule has 3 atom stereocenters. The van der Waals surface area contributed by atoms with Crippen molar-refractivity contribution in [1.82, 2.24) is 18.8 Å². The first kappa shape index (κ1) is 18.2. The molecule has 0 saturated carbocycles. The lowest BCUT2D eigenvalue weighted by Crippen LogP contribution is -2.38. The lowest BCUT2D eigenvalue weighted by Gasteiger charge is -2.28. The number of carbonyl (C=O) groups is 1. The molecule has 144 valence electrons. The van der Waals surface area contributed by atoms with E-state index in [1.165, 1.54) is 6.26 Å². The van der Waals surface area contributed by atoms with Crippen molar-refractivity contribution in [1.29, 1.82) is 0 Å². The van der Waals surface area contributed by atoms with E-state index in [1.807, 2.05) is 52.9 Å². The molecule has 1 aromatic heterocycles. The number of hydrogen-bond acceptors (Lipinski definition) is 4. The molecule has 0 N–H and O–H groups in total. The number of sulfonamides is 1. The van der Waals surface area contributed by atoms with Crippen LogP contribution < -0.4 is 0 Å². The van der Waals surface area contributed by atoms with Crippen LogP contribution in [-0.4, -0.2) is 59.0 Å². The Bertz CT molecular complexity index is 941. The Kier molecular flexibility index (Phi) is 4.55. The second-order valence-corrected chi connectivity index (χ2v) is 9.45. The zero-order valence-corrected chi connectivity index (χ0v) is 16.3. The van der Waals surface area contributed by atoms with Crippen LogP contribution in [0.15, 0.2) is 42.7 Å². The van der Waals surface area contributed by atoms with Crippen LogP contribution in [0.25, 0.3) is 0 Å². The Morgan fingerprint density at radius 1 is 1.19 bits per heavy atom. The molecule has 2 aliphatic heterocycles. The Morgan fingerprint density at radius 2 is 1.93 bits per heavy atom. The highest BCUT2D eigenvalue weighted by Crippen LogP contribution is 2.46. The summed E-state index contributed by atoms with van der Waals surface area (Å²) in [6.45, 7) is 3.81. The monoisotopic (exact) mass is 388 g/mol. The van der Waals surface area contributed by atoms with Crippen molar-refractivity contribution in [3.8, 4) is 0 Å². The summed E-state index contributed by atoms with van der Waals surface area (Å²) in [6, 6.07) is 9.54. The van der Waals surface area contributed by atoms with Crippen molar-refractivity contribution < 1.29 is 13.2 Å². The number of carbonyl (C=O) groups excluding carboxylic acids is 1. The van der Waals surface area contributed by atoms with Crippen molar-refractivity contribution in [3.63, 3.8) is 0 Å². The lowest BCUT2D eigenvalue weighted by atomic mass is 9.90. The molecule has 0 unspecified atom stereocenters. The van der Waals surface area contributed by atoms with Crippen molar-refractivity contribution in [2.75, 3.05) is 25.9 Å². The average molecular weight is 388 g/mol. The topological polar surface area (TPSA) is 75.5 Å².